The molecule has 2 aromatic heterocycles. The summed E-state index contributed by atoms with van der Waals surface area (Å²) in [5, 5.41) is 10.5. The molecular formula is C13H15N5OS. The van der Waals surface area contributed by atoms with Crippen molar-refractivity contribution in [2.24, 2.45) is 0 Å². The average molecular weight is 289 g/mol. The molecule has 0 unspecified atom stereocenters. The molecule has 0 fully saturated rings. The Bertz CT molecular complexity index is 594. The van der Waals surface area contributed by atoms with E-state index < -0.39 is 0 Å². The lowest BCUT2D eigenvalue weighted by atomic mass is 10.2. The number of hydrogen-bond acceptors (Lipinski definition) is 6. The number of nitrogens with one attached hydrogen (secondary N) is 1. The van der Waals surface area contributed by atoms with Crippen LogP contribution < -0.4 is 10.2 Å². The van der Waals surface area contributed by atoms with E-state index in [1.807, 2.05) is 18.9 Å². The Hall–Kier alpha value is -2.28. The molecule has 2 aromatic rings. The zero-order chi connectivity index (χ0) is 14.5. The summed E-state index contributed by atoms with van der Waals surface area (Å²) < 4.78 is 0. The maximum absolute atomic E-state index is 11.9. The van der Waals surface area contributed by atoms with Crippen molar-refractivity contribution in [2.45, 2.75) is 6.92 Å². The van der Waals surface area contributed by atoms with Gasteiger partial charge in [-0.25, -0.2) is 4.98 Å². The maximum atomic E-state index is 11.9. The third-order valence-electron chi connectivity index (χ3n) is 2.49. The number of likely N-dealkylation sites (N-methyl/N-ethyl adjacent to an activating group) is 1. The summed E-state index contributed by atoms with van der Waals surface area (Å²) in [4.78, 5) is 18.2. The lowest BCUT2D eigenvalue weighted by Crippen LogP contribution is -2.20. The molecule has 0 spiro atoms. The van der Waals surface area contributed by atoms with Gasteiger partial charge in [-0.1, -0.05) is 23.5 Å². The highest BCUT2D eigenvalue weighted by Crippen LogP contribution is 2.13. The van der Waals surface area contributed by atoms with Crippen molar-refractivity contribution >= 4 is 28.2 Å². The van der Waals surface area contributed by atoms with Gasteiger partial charge in [-0.2, -0.15) is 0 Å². The minimum absolute atomic E-state index is 0.247. The molecule has 104 valence electrons. The van der Waals surface area contributed by atoms with Crippen LogP contribution in [-0.2, 0) is 0 Å². The molecule has 2 rings (SSSR count). The number of nitrogens with zero attached hydrogens (tertiary/aromatic N) is 4. The molecule has 20 heavy (non-hydrogen) atoms. The molecule has 0 aliphatic heterocycles. The Kier molecular flexibility index (Phi) is 4.41. The van der Waals surface area contributed by atoms with E-state index in [4.69, 9.17) is 0 Å². The van der Waals surface area contributed by atoms with E-state index in [0.717, 1.165) is 17.9 Å². The molecule has 1 N–H and O–H groups in total. The summed E-state index contributed by atoms with van der Waals surface area (Å²) in [6, 6.07) is 3.53. The van der Waals surface area contributed by atoms with Crippen LogP contribution in [0.1, 0.15) is 17.3 Å². The molecule has 0 aromatic carbocycles. The van der Waals surface area contributed by atoms with Crippen molar-refractivity contribution < 1.29 is 4.79 Å². The van der Waals surface area contributed by atoms with Crippen LogP contribution in [0.25, 0.3) is 0 Å². The van der Waals surface area contributed by atoms with Crippen LogP contribution in [-0.4, -0.2) is 34.7 Å². The van der Waals surface area contributed by atoms with Gasteiger partial charge in [0.05, 0.1) is 5.56 Å². The normalized spacial score (nSPS) is 10.1. The Morgan fingerprint density at radius 3 is 2.85 bits per heavy atom. The van der Waals surface area contributed by atoms with Gasteiger partial charge in [0.2, 0.25) is 5.13 Å². The molecule has 6 nitrogen and oxygen atoms in total. The van der Waals surface area contributed by atoms with Gasteiger partial charge in [-0.05, 0) is 19.1 Å². The van der Waals surface area contributed by atoms with Crippen LogP contribution >= 0.6 is 11.3 Å². The van der Waals surface area contributed by atoms with Gasteiger partial charge in [0.25, 0.3) is 5.91 Å². The molecule has 0 aliphatic rings. The van der Waals surface area contributed by atoms with Crippen molar-refractivity contribution in [1.29, 1.82) is 0 Å². The van der Waals surface area contributed by atoms with Crippen LogP contribution in [0.4, 0.5) is 10.9 Å². The molecule has 0 atom stereocenters. The van der Waals surface area contributed by atoms with Crippen LogP contribution in [0.15, 0.2) is 36.0 Å². The topological polar surface area (TPSA) is 71.0 Å². The third kappa shape index (κ3) is 3.61. The molecule has 7 heteroatoms. The van der Waals surface area contributed by atoms with Gasteiger partial charge in [0.15, 0.2) is 0 Å². The number of rotatable bonds is 5. The lowest BCUT2D eigenvalue weighted by molar-refractivity contribution is 0.102. The lowest BCUT2D eigenvalue weighted by Gasteiger charge is -2.18. The summed E-state index contributed by atoms with van der Waals surface area (Å²) in [7, 11) is 1.93. The zero-order valence-electron chi connectivity index (χ0n) is 11.3. The third-order valence-corrected chi connectivity index (χ3v) is 3.10. The Labute approximate surface area is 121 Å². The first-order valence-corrected chi connectivity index (χ1v) is 6.83. The molecule has 0 aliphatic carbocycles. The fraction of sp³-hybridized carbons (Fsp3) is 0.231. The van der Waals surface area contributed by atoms with Crippen LogP contribution in [0.3, 0.4) is 0 Å². The molecule has 1 amide bonds. The highest BCUT2D eigenvalue weighted by Gasteiger charge is 2.09. The number of pyridine rings is 1. The Balaban J connectivity index is 2.04. The van der Waals surface area contributed by atoms with Gasteiger partial charge in [-0.3, -0.25) is 10.1 Å². The van der Waals surface area contributed by atoms with Gasteiger partial charge < -0.3 is 4.90 Å². The number of hydrogen-bond donors (Lipinski definition) is 1. The zero-order valence-corrected chi connectivity index (χ0v) is 12.1. The van der Waals surface area contributed by atoms with E-state index in [1.54, 1.807) is 23.8 Å². The monoisotopic (exact) mass is 289 g/mol. The summed E-state index contributed by atoms with van der Waals surface area (Å²) >= 11 is 1.27. The SMILES string of the molecule is C=C(C)CN(C)c1ccc(C(=O)Nc2nncs2)cn1. The highest BCUT2D eigenvalue weighted by atomic mass is 32.1. The number of carbonyl (C=O) groups is 1. The van der Waals surface area contributed by atoms with Crippen molar-refractivity contribution in [2.75, 3.05) is 23.8 Å². The Morgan fingerprint density at radius 2 is 2.30 bits per heavy atom. The van der Waals surface area contributed by atoms with E-state index >= 15 is 0 Å². The fourth-order valence-electron chi connectivity index (χ4n) is 1.63. The number of aromatic nitrogens is 3. The standard InChI is InChI=1S/C13H15N5OS/c1-9(2)7-18(3)11-5-4-10(6-14-11)12(19)16-13-17-15-8-20-13/h4-6,8H,1,7H2,2-3H3,(H,16,17,19). The molecular weight excluding hydrogens is 274 g/mol. The first-order chi connectivity index (χ1) is 9.56. The number of anilines is 2. The summed E-state index contributed by atoms with van der Waals surface area (Å²) in [6.45, 7) is 6.55. The van der Waals surface area contributed by atoms with Crippen LogP contribution in [0.2, 0.25) is 0 Å². The van der Waals surface area contributed by atoms with Gasteiger partial charge >= 0.3 is 0 Å². The second-order valence-electron chi connectivity index (χ2n) is 4.42. The van der Waals surface area contributed by atoms with Crippen molar-refractivity contribution in [3.05, 3.63) is 41.6 Å². The van der Waals surface area contributed by atoms with Crippen LogP contribution in [0, 0.1) is 0 Å². The average Bonchev–Trinajstić information content (AvgIpc) is 2.91. The predicted octanol–water partition coefficient (Wildman–Crippen LogP) is 2.20. The smallest absolute Gasteiger partial charge is 0.259 e. The summed E-state index contributed by atoms with van der Waals surface area (Å²) in [6.07, 6.45) is 1.54. The Morgan fingerprint density at radius 1 is 1.50 bits per heavy atom. The molecule has 0 saturated carbocycles. The minimum Gasteiger partial charge on any atom is -0.356 e. The number of carbonyl (C=O) groups excluding carboxylic acids is 1. The van der Waals surface area contributed by atoms with Crippen molar-refractivity contribution in [3.63, 3.8) is 0 Å². The van der Waals surface area contributed by atoms with E-state index in [1.165, 1.54) is 11.3 Å². The van der Waals surface area contributed by atoms with E-state index in [0.29, 0.717) is 10.7 Å². The summed E-state index contributed by atoms with van der Waals surface area (Å²) in [5.74, 6) is 0.545. The first-order valence-electron chi connectivity index (χ1n) is 5.95. The fourth-order valence-corrected chi connectivity index (χ4v) is 2.07. The quantitative estimate of drug-likeness (QED) is 0.854. The molecule has 0 saturated heterocycles. The van der Waals surface area contributed by atoms with Crippen molar-refractivity contribution in [1.82, 2.24) is 15.2 Å². The van der Waals surface area contributed by atoms with Gasteiger partial charge in [-0.15, -0.1) is 10.2 Å². The molecule has 2 heterocycles. The minimum atomic E-state index is -0.247. The van der Waals surface area contributed by atoms with E-state index in [-0.39, 0.29) is 5.91 Å². The highest BCUT2D eigenvalue weighted by molar-refractivity contribution is 7.13. The second kappa shape index (κ2) is 6.25. The van der Waals surface area contributed by atoms with Crippen molar-refractivity contribution in [3.8, 4) is 0 Å². The predicted molar refractivity (Wildman–Crippen MR) is 80.2 cm³/mol. The number of amides is 1. The second-order valence-corrected chi connectivity index (χ2v) is 5.25. The molecule has 0 radical (unpaired) electrons. The molecule has 0 bridgehead atoms. The largest absolute Gasteiger partial charge is 0.356 e. The summed E-state index contributed by atoms with van der Waals surface area (Å²) in [5.41, 5.74) is 3.09. The van der Waals surface area contributed by atoms with E-state index in [9.17, 15) is 4.79 Å². The van der Waals surface area contributed by atoms with Gasteiger partial charge in [0, 0.05) is 19.8 Å². The first kappa shape index (κ1) is 14.1. The van der Waals surface area contributed by atoms with Gasteiger partial charge in [0.1, 0.15) is 11.3 Å². The maximum Gasteiger partial charge on any atom is 0.259 e. The van der Waals surface area contributed by atoms with E-state index in [2.05, 4.69) is 27.1 Å². The van der Waals surface area contributed by atoms with Crippen LogP contribution in [0.5, 0.6) is 0 Å².